The van der Waals surface area contributed by atoms with E-state index in [1.165, 1.54) is 9.80 Å². The highest BCUT2D eigenvalue weighted by Gasteiger charge is 2.56. The van der Waals surface area contributed by atoms with Gasteiger partial charge in [-0.25, -0.2) is 13.2 Å². The third-order valence-electron chi connectivity index (χ3n) is 8.95. The first-order valence-electron chi connectivity index (χ1n) is 13.8. The highest BCUT2D eigenvalue weighted by Crippen LogP contribution is 2.45. The summed E-state index contributed by atoms with van der Waals surface area (Å²) in [5.74, 6) is -6.02. The minimum Gasteiger partial charge on any atom is -0.378 e. The van der Waals surface area contributed by atoms with Gasteiger partial charge >= 0.3 is 6.18 Å². The van der Waals surface area contributed by atoms with Crippen molar-refractivity contribution >= 4 is 17.7 Å². The van der Waals surface area contributed by atoms with Crippen LogP contribution in [0.15, 0.2) is 11.6 Å². The zero-order chi connectivity index (χ0) is 28.8. The maximum Gasteiger partial charge on any atom is 0.393 e. The number of hydrogen-bond acceptors (Lipinski definition) is 5. The number of carbonyl (C=O) groups is 3. The second-order valence-corrected chi connectivity index (χ2v) is 11.5. The molecular formula is C26H34F6N4O4. The van der Waals surface area contributed by atoms with Crippen LogP contribution in [0.3, 0.4) is 0 Å². The third-order valence-corrected chi connectivity index (χ3v) is 8.95. The molecule has 0 aromatic heterocycles. The van der Waals surface area contributed by atoms with Gasteiger partial charge in [-0.05, 0) is 25.7 Å². The molecule has 8 nitrogen and oxygen atoms in total. The smallest absolute Gasteiger partial charge is 0.378 e. The molecule has 0 spiro atoms. The van der Waals surface area contributed by atoms with Gasteiger partial charge in [-0.15, -0.1) is 0 Å². The van der Waals surface area contributed by atoms with Gasteiger partial charge in [0.15, 0.2) is 0 Å². The van der Waals surface area contributed by atoms with Gasteiger partial charge in [0, 0.05) is 62.3 Å². The van der Waals surface area contributed by atoms with E-state index in [4.69, 9.17) is 4.74 Å². The van der Waals surface area contributed by atoms with Crippen molar-refractivity contribution in [1.29, 1.82) is 0 Å². The highest BCUT2D eigenvalue weighted by molar-refractivity contribution is 6.03. The topological polar surface area (TPSA) is 91.0 Å². The van der Waals surface area contributed by atoms with E-state index in [1.807, 2.05) is 0 Å². The van der Waals surface area contributed by atoms with Crippen LogP contribution in [-0.4, -0.2) is 110 Å². The molecular weight excluding hydrogens is 546 g/mol. The summed E-state index contributed by atoms with van der Waals surface area (Å²) in [6.45, 7) is 1.07. The maximum atomic E-state index is 14.6. The molecule has 3 amide bonds. The van der Waals surface area contributed by atoms with Crippen LogP contribution in [0, 0.1) is 17.8 Å². The van der Waals surface area contributed by atoms with E-state index in [0.717, 1.165) is 6.08 Å². The molecule has 4 fully saturated rings. The molecule has 9 atom stereocenters. The predicted octanol–water partition coefficient (Wildman–Crippen LogP) is 1.84. The van der Waals surface area contributed by atoms with Crippen LogP contribution in [0.1, 0.15) is 32.1 Å². The first-order chi connectivity index (χ1) is 18.9. The van der Waals surface area contributed by atoms with Crippen LogP contribution in [0.4, 0.5) is 26.3 Å². The molecule has 0 bridgehead atoms. The minimum absolute atomic E-state index is 0.0160. The van der Waals surface area contributed by atoms with Crippen molar-refractivity contribution < 1.29 is 45.5 Å². The molecule has 5 aliphatic rings. The van der Waals surface area contributed by atoms with Crippen molar-refractivity contribution in [3.05, 3.63) is 11.6 Å². The van der Waals surface area contributed by atoms with Crippen LogP contribution in [0.2, 0.25) is 0 Å². The van der Waals surface area contributed by atoms with Crippen LogP contribution in [0.5, 0.6) is 0 Å². The van der Waals surface area contributed by atoms with E-state index in [9.17, 15) is 40.7 Å². The normalized spacial score (nSPS) is 39.2. The number of fused-ring (bicyclic) bond motifs is 1. The summed E-state index contributed by atoms with van der Waals surface area (Å²) >= 11 is 0. The highest BCUT2D eigenvalue weighted by atomic mass is 19.4. The fourth-order valence-corrected chi connectivity index (χ4v) is 7.11. The van der Waals surface area contributed by atoms with Crippen LogP contribution in [0.25, 0.3) is 0 Å². The van der Waals surface area contributed by atoms with Gasteiger partial charge in [0.05, 0.1) is 31.1 Å². The SMILES string of the molecule is O=C1C=C(C(=O)N[C@@H]2CCN(C3C(C(=O)N4CCOCC4)CC(F)CC3C(F)(F)F)C2)C2CC(F)CC(F)C2N1. The molecule has 0 radical (unpaired) electrons. The summed E-state index contributed by atoms with van der Waals surface area (Å²) in [5.41, 5.74) is -0.0522. The Morgan fingerprint density at radius 3 is 2.40 bits per heavy atom. The molecule has 2 N–H and O–H groups in total. The summed E-state index contributed by atoms with van der Waals surface area (Å²) in [5, 5.41) is 5.19. The average Bonchev–Trinajstić information content (AvgIpc) is 3.35. The summed E-state index contributed by atoms with van der Waals surface area (Å²) in [6, 6.07) is -2.95. The Morgan fingerprint density at radius 1 is 1.00 bits per heavy atom. The van der Waals surface area contributed by atoms with Crippen molar-refractivity contribution in [3.8, 4) is 0 Å². The van der Waals surface area contributed by atoms with E-state index < -0.39 is 84.7 Å². The van der Waals surface area contributed by atoms with Gasteiger partial charge in [0.25, 0.3) is 0 Å². The standard InChI is InChI=1S/C26H34F6N4O4/c27-13-8-18(25(39)35-3-5-40-6-4-35)23(19(9-13)26(30,31)32)36-2-1-15(12-36)33-24(38)17-11-21(37)34-22-16(17)7-14(28)10-20(22)29/h11,13-16,18-20,22-23H,1-10,12H2,(H,33,38)(H,34,37)/t13?,14?,15-,16?,18?,19?,20?,22?,23?/m1/s1. The van der Waals surface area contributed by atoms with E-state index >= 15 is 0 Å². The summed E-state index contributed by atoms with van der Waals surface area (Å²) < 4.78 is 91.0. The second-order valence-electron chi connectivity index (χ2n) is 11.5. The van der Waals surface area contributed by atoms with Crippen molar-refractivity contribution in [2.75, 3.05) is 39.4 Å². The Morgan fingerprint density at radius 2 is 1.70 bits per heavy atom. The maximum absolute atomic E-state index is 14.6. The Labute approximate surface area is 227 Å². The van der Waals surface area contributed by atoms with Gasteiger partial charge in [-0.1, -0.05) is 0 Å². The Hall–Kier alpha value is -2.35. The summed E-state index contributed by atoms with van der Waals surface area (Å²) in [6.07, 6.45) is -9.92. The molecule has 2 saturated carbocycles. The second kappa shape index (κ2) is 11.5. The number of rotatable bonds is 4. The Kier molecular flexibility index (Phi) is 8.38. The predicted molar refractivity (Wildman–Crippen MR) is 129 cm³/mol. The van der Waals surface area contributed by atoms with Gasteiger partial charge in [0.1, 0.15) is 18.5 Å². The zero-order valence-electron chi connectivity index (χ0n) is 21.8. The summed E-state index contributed by atoms with van der Waals surface area (Å²) in [7, 11) is 0. The third kappa shape index (κ3) is 5.97. The average molecular weight is 581 g/mol. The van der Waals surface area contributed by atoms with Crippen molar-refractivity contribution in [3.63, 3.8) is 0 Å². The number of nitrogens with zero attached hydrogens (tertiary/aromatic N) is 2. The lowest BCUT2D eigenvalue weighted by molar-refractivity contribution is -0.212. The number of likely N-dealkylation sites (tertiary alicyclic amines) is 1. The van der Waals surface area contributed by atoms with Gasteiger partial charge in [-0.2, -0.15) is 13.2 Å². The van der Waals surface area contributed by atoms with Crippen molar-refractivity contribution in [2.24, 2.45) is 17.8 Å². The van der Waals surface area contributed by atoms with Gasteiger partial charge in [0.2, 0.25) is 17.7 Å². The number of halogens is 6. The lowest BCUT2D eigenvalue weighted by Gasteiger charge is -2.46. The van der Waals surface area contributed by atoms with E-state index in [-0.39, 0.29) is 70.6 Å². The monoisotopic (exact) mass is 580 g/mol. The molecule has 224 valence electrons. The lowest BCUT2D eigenvalue weighted by atomic mass is 9.74. The Bertz CT molecular complexity index is 1020. The van der Waals surface area contributed by atoms with Crippen molar-refractivity contribution in [2.45, 2.75) is 74.9 Å². The number of nitrogens with one attached hydrogen (secondary N) is 2. The molecule has 14 heteroatoms. The molecule has 3 heterocycles. The number of alkyl halides is 6. The number of carbonyl (C=O) groups excluding carboxylic acids is 3. The largest absolute Gasteiger partial charge is 0.393 e. The number of morpholine rings is 1. The van der Waals surface area contributed by atoms with E-state index in [2.05, 4.69) is 10.6 Å². The Balaban J connectivity index is 1.31. The lowest BCUT2D eigenvalue weighted by Crippen LogP contribution is -2.59. The van der Waals surface area contributed by atoms with Gasteiger partial charge < -0.3 is 20.3 Å². The first kappa shape index (κ1) is 29.2. The fraction of sp³-hybridized carbons (Fsp3) is 0.808. The van der Waals surface area contributed by atoms with Crippen LogP contribution < -0.4 is 10.6 Å². The number of amides is 3. The zero-order valence-corrected chi connectivity index (χ0v) is 21.8. The number of hydrogen-bond donors (Lipinski definition) is 2. The summed E-state index contributed by atoms with van der Waals surface area (Å²) in [4.78, 5) is 41.6. The molecule has 40 heavy (non-hydrogen) atoms. The quantitative estimate of drug-likeness (QED) is 0.496. The molecule has 0 aromatic carbocycles. The minimum atomic E-state index is -4.73. The van der Waals surface area contributed by atoms with Crippen LogP contribution >= 0.6 is 0 Å². The number of ether oxygens (including phenoxy) is 1. The molecule has 2 saturated heterocycles. The molecule has 2 aliphatic carbocycles. The fourth-order valence-electron chi connectivity index (χ4n) is 7.11. The van der Waals surface area contributed by atoms with E-state index in [0.29, 0.717) is 0 Å². The van der Waals surface area contributed by atoms with Crippen LogP contribution in [-0.2, 0) is 19.1 Å². The van der Waals surface area contributed by atoms with Crippen molar-refractivity contribution in [1.82, 2.24) is 20.4 Å². The molecule has 3 aliphatic heterocycles. The molecule has 8 unspecified atom stereocenters. The molecule has 5 rings (SSSR count). The van der Waals surface area contributed by atoms with Gasteiger partial charge in [-0.3, -0.25) is 19.3 Å². The molecule has 0 aromatic rings. The van der Waals surface area contributed by atoms with E-state index in [1.54, 1.807) is 0 Å². The first-order valence-corrected chi connectivity index (χ1v) is 13.8.